The summed E-state index contributed by atoms with van der Waals surface area (Å²) in [6, 6.07) is 10.1. The Kier molecular flexibility index (Phi) is 14.1. The van der Waals surface area contributed by atoms with E-state index in [9.17, 15) is 34.2 Å². The molecule has 0 bridgehead atoms. The summed E-state index contributed by atoms with van der Waals surface area (Å²) in [5.41, 5.74) is 23.4. The first kappa shape index (κ1) is 35.0. The summed E-state index contributed by atoms with van der Waals surface area (Å²) in [5, 5.41) is 26.6. The highest BCUT2D eigenvalue weighted by molar-refractivity contribution is 5.94. The maximum absolute atomic E-state index is 13.6. The molecule has 0 aliphatic carbocycles. The fraction of sp³-hybridized carbons (Fsp3) is 0.379. The average molecular weight is 613 g/mol. The molecule has 0 saturated carbocycles. The van der Waals surface area contributed by atoms with Gasteiger partial charge in [-0.25, -0.2) is 4.79 Å². The van der Waals surface area contributed by atoms with Crippen LogP contribution < -0.4 is 38.9 Å². The Labute approximate surface area is 254 Å². The van der Waals surface area contributed by atoms with Crippen molar-refractivity contribution in [1.82, 2.24) is 16.0 Å². The normalized spacial score (nSPS) is 13.4. The van der Waals surface area contributed by atoms with Crippen LogP contribution in [0.15, 0.2) is 59.6 Å². The quantitative estimate of drug-likeness (QED) is 0.0526. The van der Waals surface area contributed by atoms with Crippen LogP contribution in [-0.2, 0) is 36.8 Å². The summed E-state index contributed by atoms with van der Waals surface area (Å²) >= 11 is 0. The van der Waals surface area contributed by atoms with Crippen LogP contribution in [0.3, 0.4) is 0 Å². The predicted octanol–water partition coefficient (Wildman–Crippen LogP) is -1.64. The van der Waals surface area contributed by atoms with E-state index in [1.54, 1.807) is 42.5 Å². The van der Waals surface area contributed by atoms with Crippen LogP contribution in [0.2, 0.25) is 0 Å². The van der Waals surface area contributed by atoms with Crippen molar-refractivity contribution in [2.45, 2.75) is 62.7 Å². The van der Waals surface area contributed by atoms with E-state index >= 15 is 0 Å². The topological polar surface area (TPSA) is 278 Å². The number of nitrogens with zero attached hydrogens (tertiary/aromatic N) is 1. The SMILES string of the molecule is NC(=O)CCC(NC(=O)C(CCCN=C(N)N)NC(=O)C(Cc1ccccc1)NC(=O)C(N)Cc1ccc(O)cc1)C(=O)O. The van der Waals surface area contributed by atoms with Crippen molar-refractivity contribution in [3.05, 3.63) is 65.7 Å². The third-order valence-corrected chi connectivity index (χ3v) is 6.52. The lowest BCUT2D eigenvalue weighted by molar-refractivity contribution is -0.142. The van der Waals surface area contributed by atoms with E-state index in [1.165, 1.54) is 12.1 Å². The number of hydrogen-bond acceptors (Lipinski definition) is 8. The van der Waals surface area contributed by atoms with Gasteiger partial charge < -0.3 is 49.1 Å². The van der Waals surface area contributed by atoms with Crippen molar-refractivity contribution < 1.29 is 34.2 Å². The van der Waals surface area contributed by atoms with Crippen LogP contribution in [0, 0.1) is 0 Å². The molecule has 2 aromatic carbocycles. The average Bonchev–Trinajstić information content (AvgIpc) is 2.97. The molecule has 13 N–H and O–H groups in total. The lowest BCUT2D eigenvalue weighted by atomic mass is 10.0. The van der Waals surface area contributed by atoms with E-state index in [0.717, 1.165) is 0 Å². The van der Waals surface area contributed by atoms with Gasteiger partial charge in [-0.05, 0) is 48.9 Å². The summed E-state index contributed by atoms with van der Waals surface area (Å²) in [6.07, 6.45) is -0.0943. The number of carbonyl (C=O) groups is 5. The first-order chi connectivity index (χ1) is 20.8. The summed E-state index contributed by atoms with van der Waals surface area (Å²) in [7, 11) is 0. The Morgan fingerprint density at radius 2 is 1.30 bits per heavy atom. The summed E-state index contributed by atoms with van der Waals surface area (Å²) in [4.78, 5) is 66.6. The molecule has 15 heteroatoms. The molecular formula is C29H40N8O7. The first-order valence-electron chi connectivity index (χ1n) is 13.9. The van der Waals surface area contributed by atoms with Crippen molar-refractivity contribution in [2.24, 2.45) is 27.9 Å². The molecule has 0 fully saturated rings. The van der Waals surface area contributed by atoms with Crippen LogP contribution in [0.25, 0.3) is 0 Å². The number of guanidine groups is 1. The van der Waals surface area contributed by atoms with Gasteiger partial charge in [-0.2, -0.15) is 0 Å². The maximum atomic E-state index is 13.6. The molecule has 238 valence electrons. The van der Waals surface area contributed by atoms with Crippen molar-refractivity contribution in [3.8, 4) is 5.75 Å². The number of carboxylic acid groups (broad SMARTS) is 1. The minimum atomic E-state index is -1.44. The van der Waals surface area contributed by atoms with Gasteiger partial charge in [0.15, 0.2) is 5.96 Å². The zero-order valence-corrected chi connectivity index (χ0v) is 24.1. The molecule has 2 aromatic rings. The van der Waals surface area contributed by atoms with Gasteiger partial charge >= 0.3 is 5.97 Å². The van der Waals surface area contributed by atoms with Gasteiger partial charge in [0, 0.05) is 19.4 Å². The van der Waals surface area contributed by atoms with Gasteiger partial charge in [-0.3, -0.25) is 24.2 Å². The van der Waals surface area contributed by atoms with Crippen LogP contribution in [0.5, 0.6) is 5.75 Å². The Morgan fingerprint density at radius 3 is 1.89 bits per heavy atom. The largest absolute Gasteiger partial charge is 0.508 e. The van der Waals surface area contributed by atoms with E-state index in [0.29, 0.717) is 11.1 Å². The summed E-state index contributed by atoms with van der Waals surface area (Å²) < 4.78 is 0. The maximum Gasteiger partial charge on any atom is 0.326 e. The molecule has 0 spiro atoms. The molecule has 0 radical (unpaired) electrons. The lowest BCUT2D eigenvalue weighted by Gasteiger charge is -2.25. The zero-order valence-electron chi connectivity index (χ0n) is 24.1. The standard InChI is InChI=1S/C29H40N8O7/c30-20(15-18-8-10-19(38)11-9-18)25(40)37-23(16-17-5-2-1-3-6-17)27(42)35-21(7-4-14-34-29(32)33)26(41)36-22(28(43)44)12-13-24(31)39/h1-3,5-6,8-11,20-23,38H,4,7,12-16,30H2,(H2,31,39)(H,35,42)(H,36,41)(H,37,40)(H,43,44)(H4,32,33,34). The lowest BCUT2D eigenvalue weighted by Crippen LogP contribution is -2.57. The third-order valence-electron chi connectivity index (χ3n) is 6.52. The number of carbonyl (C=O) groups excluding carboxylic acids is 4. The van der Waals surface area contributed by atoms with Gasteiger partial charge in [-0.15, -0.1) is 0 Å². The Bertz CT molecular complexity index is 1300. The van der Waals surface area contributed by atoms with E-state index in [-0.39, 0.29) is 56.8 Å². The highest BCUT2D eigenvalue weighted by Gasteiger charge is 2.30. The van der Waals surface area contributed by atoms with Gasteiger partial charge in [0.25, 0.3) is 0 Å². The molecule has 0 saturated heterocycles. The molecule has 0 aliphatic heterocycles. The number of aliphatic carboxylic acids is 1. The highest BCUT2D eigenvalue weighted by Crippen LogP contribution is 2.12. The van der Waals surface area contributed by atoms with Crippen LogP contribution in [-0.4, -0.2) is 76.5 Å². The molecule has 0 aliphatic rings. The third kappa shape index (κ3) is 12.8. The Morgan fingerprint density at radius 1 is 0.727 bits per heavy atom. The van der Waals surface area contributed by atoms with Gasteiger partial charge in [0.1, 0.15) is 23.9 Å². The molecule has 4 amide bonds. The van der Waals surface area contributed by atoms with E-state index < -0.39 is 53.8 Å². The number of carboxylic acids is 1. The molecule has 0 aromatic heterocycles. The summed E-state index contributed by atoms with van der Waals surface area (Å²) in [6.45, 7) is 0.127. The molecule has 4 atom stereocenters. The molecular weight excluding hydrogens is 572 g/mol. The van der Waals surface area contributed by atoms with Crippen LogP contribution >= 0.6 is 0 Å². The number of nitrogens with two attached hydrogens (primary N) is 4. The first-order valence-corrected chi connectivity index (χ1v) is 13.9. The van der Waals surface area contributed by atoms with Crippen molar-refractivity contribution in [3.63, 3.8) is 0 Å². The zero-order chi connectivity index (χ0) is 32.6. The number of hydrogen-bond donors (Lipinski definition) is 9. The van der Waals surface area contributed by atoms with Crippen molar-refractivity contribution in [2.75, 3.05) is 6.54 Å². The molecule has 44 heavy (non-hydrogen) atoms. The minimum Gasteiger partial charge on any atom is -0.508 e. The smallest absolute Gasteiger partial charge is 0.326 e. The second-order valence-electron chi connectivity index (χ2n) is 10.1. The van der Waals surface area contributed by atoms with Gasteiger partial charge in [-0.1, -0.05) is 42.5 Å². The van der Waals surface area contributed by atoms with Crippen molar-refractivity contribution in [1.29, 1.82) is 0 Å². The molecule has 2 rings (SSSR count). The van der Waals surface area contributed by atoms with E-state index in [4.69, 9.17) is 22.9 Å². The number of aliphatic imine (C=N–C) groups is 1. The minimum absolute atomic E-state index is 0.0167. The number of phenolic OH excluding ortho intramolecular Hbond substituents is 1. The number of primary amides is 1. The van der Waals surface area contributed by atoms with Gasteiger partial charge in [0.2, 0.25) is 23.6 Å². The van der Waals surface area contributed by atoms with Crippen LogP contribution in [0.1, 0.15) is 36.8 Å². The Balaban J connectivity index is 2.24. The molecule has 0 heterocycles. The Hall–Kier alpha value is -5.18. The highest BCUT2D eigenvalue weighted by atomic mass is 16.4. The number of benzene rings is 2. The number of nitrogens with one attached hydrogen (secondary N) is 3. The summed E-state index contributed by atoms with van der Waals surface area (Å²) in [5.74, 6) is -4.40. The second kappa shape index (κ2) is 17.7. The number of aromatic hydroxyl groups is 1. The van der Waals surface area contributed by atoms with Crippen LogP contribution in [0.4, 0.5) is 0 Å². The fourth-order valence-electron chi connectivity index (χ4n) is 4.18. The van der Waals surface area contributed by atoms with Gasteiger partial charge in [0.05, 0.1) is 6.04 Å². The molecule has 4 unspecified atom stereocenters. The number of rotatable bonds is 18. The fourth-order valence-corrected chi connectivity index (χ4v) is 4.18. The number of amides is 4. The number of phenols is 1. The van der Waals surface area contributed by atoms with E-state index in [1.807, 2.05) is 0 Å². The molecule has 15 nitrogen and oxygen atoms in total. The van der Waals surface area contributed by atoms with Crippen molar-refractivity contribution >= 4 is 35.6 Å². The van der Waals surface area contributed by atoms with E-state index in [2.05, 4.69) is 20.9 Å². The predicted molar refractivity (Wildman–Crippen MR) is 162 cm³/mol. The monoisotopic (exact) mass is 612 g/mol. The second-order valence-corrected chi connectivity index (χ2v) is 10.1.